The smallest absolute Gasteiger partial charge is 0.255 e. The van der Waals surface area contributed by atoms with Gasteiger partial charge in [0.2, 0.25) is 5.91 Å². The van der Waals surface area contributed by atoms with E-state index in [0.717, 1.165) is 31.2 Å². The minimum Gasteiger partial charge on any atom is -0.488 e. The summed E-state index contributed by atoms with van der Waals surface area (Å²) in [5.41, 5.74) is 1.66. The van der Waals surface area contributed by atoms with E-state index in [9.17, 15) is 14.0 Å². The number of carbonyl (C=O) groups excluding carboxylic acids is 2. The van der Waals surface area contributed by atoms with Gasteiger partial charge < -0.3 is 15.4 Å². The topological polar surface area (TPSA) is 67.4 Å². The molecule has 2 aromatic rings. The van der Waals surface area contributed by atoms with E-state index in [1.165, 1.54) is 25.5 Å². The molecule has 0 radical (unpaired) electrons. The Morgan fingerprint density at radius 2 is 1.79 bits per heavy atom. The van der Waals surface area contributed by atoms with Gasteiger partial charge in [0.15, 0.2) is 0 Å². The summed E-state index contributed by atoms with van der Waals surface area (Å²) in [6.45, 7) is 1.86. The first-order valence-corrected chi connectivity index (χ1v) is 9.62. The molecule has 1 fully saturated rings. The highest BCUT2D eigenvalue weighted by molar-refractivity contribution is 6.05. The molecule has 0 spiro atoms. The van der Waals surface area contributed by atoms with E-state index in [2.05, 4.69) is 10.6 Å². The summed E-state index contributed by atoms with van der Waals surface area (Å²) < 4.78 is 19.8. The van der Waals surface area contributed by atoms with Gasteiger partial charge in [0, 0.05) is 25.1 Å². The summed E-state index contributed by atoms with van der Waals surface area (Å²) in [6.07, 6.45) is 5.51. The lowest BCUT2D eigenvalue weighted by atomic mass is 9.98. The highest BCUT2D eigenvalue weighted by Gasteiger charge is 2.18. The number of benzene rings is 2. The third-order valence-electron chi connectivity index (χ3n) is 4.79. The first-order chi connectivity index (χ1) is 13.5. The van der Waals surface area contributed by atoms with Crippen molar-refractivity contribution in [2.45, 2.75) is 51.7 Å². The number of anilines is 1. The van der Waals surface area contributed by atoms with Crippen LogP contribution in [0.25, 0.3) is 0 Å². The van der Waals surface area contributed by atoms with Gasteiger partial charge in [-0.2, -0.15) is 0 Å². The molecule has 0 atom stereocenters. The van der Waals surface area contributed by atoms with Crippen molar-refractivity contribution in [3.05, 3.63) is 59.4 Å². The van der Waals surface area contributed by atoms with E-state index in [1.807, 2.05) is 0 Å². The number of ether oxygens (including phenoxy) is 1. The molecule has 0 saturated heterocycles. The van der Waals surface area contributed by atoms with Crippen molar-refractivity contribution in [1.29, 1.82) is 0 Å². The SMILES string of the molecule is CC(=O)NCc1ccc(C(=O)Nc2cc(F)ccc2OC2CCCCC2)cc1. The van der Waals surface area contributed by atoms with E-state index >= 15 is 0 Å². The first kappa shape index (κ1) is 19.9. The van der Waals surface area contributed by atoms with Crippen LogP contribution in [0, 0.1) is 5.82 Å². The number of hydrogen-bond donors (Lipinski definition) is 2. The van der Waals surface area contributed by atoms with Crippen molar-refractivity contribution in [1.82, 2.24) is 5.32 Å². The summed E-state index contributed by atoms with van der Waals surface area (Å²) in [5, 5.41) is 5.46. The molecule has 6 heteroatoms. The molecule has 28 heavy (non-hydrogen) atoms. The van der Waals surface area contributed by atoms with Crippen molar-refractivity contribution in [2.24, 2.45) is 0 Å². The largest absolute Gasteiger partial charge is 0.488 e. The maximum atomic E-state index is 13.7. The van der Waals surface area contributed by atoms with E-state index < -0.39 is 5.82 Å². The Labute approximate surface area is 164 Å². The fourth-order valence-corrected chi connectivity index (χ4v) is 3.26. The van der Waals surface area contributed by atoms with Gasteiger partial charge in [0.1, 0.15) is 11.6 Å². The standard InChI is InChI=1S/C22H25FN2O3/c1-15(26)24-14-16-7-9-17(10-8-16)22(27)25-20-13-18(23)11-12-21(20)28-19-5-3-2-4-6-19/h7-13,19H,2-6,14H2,1H3,(H,24,26)(H,25,27). The molecule has 0 aliphatic heterocycles. The molecule has 148 valence electrons. The van der Waals surface area contributed by atoms with Crippen LogP contribution in [0.3, 0.4) is 0 Å². The van der Waals surface area contributed by atoms with Gasteiger partial charge >= 0.3 is 0 Å². The van der Waals surface area contributed by atoms with Crippen LogP contribution < -0.4 is 15.4 Å². The molecule has 2 N–H and O–H groups in total. The Bertz CT molecular complexity index is 830. The number of nitrogens with one attached hydrogen (secondary N) is 2. The van der Waals surface area contributed by atoms with Gasteiger partial charge in [0.05, 0.1) is 11.8 Å². The maximum absolute atomic E-state index is 13.7. The van der Waals surface area contributed by atoms with E-state index in [1.54, 1.807) is 30.3 Å². The number of carbonyl (C=O) groups is 2. The molecule has 0 heterocycles. The molecule has 2 amide bonds. The zero-order valence-electron chi connectivity index (χ0n) is 16.0. The fourth-order valence-electron chi connectivity index (χ4n) is 3.26. The van der Waals surface area contributed by atoms with Crippen LogP contribution >= 0.6 is 0 Å². The number of halogens is 1. The average molecular weight is 384 g/mol. The van der Waals surface area contributed by atoms with Gasteiger partial charge in [-0.25, -0.2) is 4.39 Å². The number of amides is 2. The molecule has 2 aromatic carbocycles. The molecule has 0 unspecified atom stereocenters. The predicted molar refractivity (Wildman–Crippen MR) is 106 cm³/mol. The normalized spacial score (nSPS) is 14.4. The summed E-state index contributed by atoms with van der Waals surface area (Å²) >= 11 is 0. The van der Waals surface area contributed by atoms with E-state index in [-0.39, 0.29) is 17.9 Å². The van der Waals surface area contributed by atoms with Crippen LogP contribution in [-0.4, -0.2) is 17.9 Å². The second-order valence-electron chi connectivity index (χ2n) is 7.08. The Kier molecular flexibility index (Phi) is 6.63. The van der Waals surface area contributed by atoms with E-state index in [4.69, 9.17) is 4.74 Å². The van der Waals surface area contributed by atoms with Crippen LogP contribution in [0.5, 0.6) is 5.75 Å². The highest BCUT2D eigenvalue weighted by atomic mass is 19.1. The minimum absolute atomic E-state index is 0.0999. The third-order valence-corrected chi connectivity index (χ3v) is 4.79. The monoisotopic (exact) mass is 384 g/mol. The highest BCUT2D eigenvalue weighted by Crippen LogP contribution is 2.30. The minimum atomic E-state index is -0.433. The van der Waals surface area contributed by atoms with Crippen LogP contribution in [-0.2, 0) is 11.3 Å². The van der Waals surface area contributed by atoms with Gasteiger partial charge in [-0.3, -0.25) is 9.59 Å². The summed E-state index contributed by atoms with van der Waals surface area (Å²) in [7, 11) is 0. The van der Waals surface area contributed by atoms with Crippen LogP contribution in [0.2, 0.25) is 0 Å². The van der Waals surface area contributed by atoms with Crippen molar-refractivity contribution < 1.29 is 18.7 Å². The molecule has 0 aromatic heterocycles. The summed E-state index contributed by atoms with van der Waals surface area (Å²) in [5.74, 6) is -0.399. The van der Waals surface area contributed by atoms with Gasteiger partial charge in [0.25, 0.3) is 5.91 Å². The zero-order chi connectivity index (χ0) is 19.9. The van der Waals surface area contributed by atoms with Crippen LogP contribution in [0.4, 0.5) is 10.1 Å². The number of hydrogen-bond acceptors (Lipinski definition) is 3. The molecule has 1 saturated carbocycles. The van der Waals surface area contributed by atoms with Gasteiger partial charge in [-0.05, 0) is 55.5 Å². The Morgan fingerprint density at radius 1 is 1.07 bits per heavy atom. The second kappa shape index (κ2) is 9.35. The lowest BCUT2D eigenvalue weighted by Crippen LogP contribution is -2.21. The van der Waals surface area contributed by atoms with Crippen molar-refractivity contribution >= 4 is 17.5 Å². The summed E-state index contributed by atoms with van der Waals surface area (Å²) in [6, 6.07) is 11.1. The first-order valence-electron chi connectivity index (χ1n) is 9.62. The van der Waals surface area contributed by atoms with Crippen molar-refractivity contribution in [3.63, 3.8) is 0 Å². The van der Waals surface area contributed by atoms with Crippen molar-refractivity contribution in [2.75, 3.05) is 5.32 Å². The lowest BCUT2D eigenvalue weighted by molar-refractivity contribution is -0.119. The predicted octanol–water partition coefficient (Wildman–Crippen LogP) is 4.43. The van der Waals surface area contributed by atoms with Crippen molar-refractivity contribution in [3.8, 4) is 5.75 Å². The molecular formula is C22H25FN2O3. The number of rotatable bonds is 6. The van der Waals surface area contributed by atoms with Crippen LogP contribution in [0.1, 0.15) is 54.9 Å². The summed E-state index contributed by atoms with van der Waals surface area (Å²) in [4.78, 5) is 23.6. The molecule has 1 aliphatic rings. The Balaban J connectivity index is 1.68. The maximum Gasteiger partial charge on any atom is 0.255 e. The Morgan fingerprint density at radius 3 is 2.46 bits per heavy atom. The molecule has 1 aliphatic carbocycles. The molecule has 0 bridgehead atoms. The average Bonchev–Trinajstić information content (AvgIpc) is 2.69. The zero-order valence-corrected chi connectivity index (χ0v) is 16.0. The quantitative estimate of drug-likeness (QED) is 0.774. The van der Waals surface area contributed by atoms with Crippen LogP contribution in [0.15, 0.2) is 42.5 Å². The molecule has 3 rings (SSSR count). The van der Waals surface area contributed by atoms with E-state index in [0.29, 0.717) is 23.5 Å². The molecule has 5 nitrogen and oxygen atoms in total. The lowest BCUT2D eigenvalue weighted by Gasteiger charge is -2.24. The molecular weight excluding hydrogens is 359 g/mol. The van der Waals surface area contributed by atoms with Gasteiger partial charge in [-0.1, -0.05) is 18.6 Å². The fraction of sp³-hybridized carbons (Fsp3) is 0.364. The third kappa shape index (κ3) is 5.55. The second-order valence-corrected chi connectivity index (χ2v) is 7.08. The van der Waals surface area contributed by atoms with Gasteiger partial charge in [-0.15, -0.1) is 0 Å². The Hall–Kier alpha value is -2.89.